The van der Waals surface area contributed by atoms with E-state index in [-0.39, 0.29) is 23.4 Å². The molecule has 4 nitrogen and oxygen atoms in total. The van der Waals surface area contributed by atoms with Gasteiger partial charge >= 0.3 is 6.18 Å². The van der Waals surface area contributed by atoms with E-state index in [1.165, 1.54) is 6.07 Å². The van der Waals surface area contributed by atoms with Gasteiger partial charge in [-0.25, -0.2) is 4.39 Å². The van der Waals surface area contributed by atoms with Gasteiger partial charge in [-0.05, 0) is 25.6 Å². The normalized spacial score (nSPS) is 13.4. The molecule has 0 aliphatic heterocycles. The molecular weight excluding hydrogens is 290 g/mol. The first-order chi connectivity index (χ1) is 9.88. The maximum atomic E-state index is 14.0. The molecule has 0 aliphatic rings. The Morgan fingerprint density at radius 3 is 2.57 bits per heavy atom. The highest BCUT2D eigenvalue weighted by molar-refractivity contribution is 5.55. The zero-order chi connectivity index (χ0) is 15.6. The van der Waals surface area contributed by atoms with Gasteiger partial charge in [0.05, 0.1) is 17.2 Å². The van der Waals surface area contributed by atoms with Crippen LogP contribution in [0.15, 0.2) is 22.6 Å². The lowest BCUT2D eigenvalue weighted by molar-refractivity contribution is -0.139. The van der Waals surface area contributed by atoms with Crippen molar-refractivity contribution in [1.29, 1.82) is 0 Å². The number of halogens is 4. The van der Waals surface area contributed by atoms with E-state index in [2.05, 4.69) is 15.5 Å². The Labute approximate surface area is 118 Å². The van der Waals surface area contributed by atoms with Crippen LogP contribution in [0.2, 0.25) is 0 Å². The molecule has 8 heteroatoms. The number of hydrogen-bond acceptors (Lipinski definition) is 4. The zero-order valence-corrected chi connectivity index (χ0v) is 11.3. The highest BCUT2D eigenvalue weighted by Crippen LogP contribution is 2.35. The molecule has 1 aromatic heterocycles. The van der Waals surface area contributed by atoms with Gasteiger partial charge in [-0.2, -0.15) is 13.2 Å². The van der Waals surface area contributed by atoms with Crippen molar-refractivity contribution < 1.29 is 22.0 Å². The SMILES string of the molecule is CCC(NC)c1nnc(-c2cccc(C(F)(F)F)c2F)o1. The molecule has 2 aromatic rings. The molecule has 1 unspecified atom stereocenters. The van der Waals surface area contributed by atoms with Crippen LogP contribution >= 0.6 is 0 Å². The van der Waals surface area contributed by atoms with Crippen LogP contribution in [0.4, 0.5) is 17.6 Å². The van der Waals surface area contributed by atoms with Crippen molar-refractivity contribution in [2.24, 2.45) is 0 Å². The second-order valence-corrected chi connectivity index (χ2v) is 4.36. The predicted octanol–water partition coefficient (Wildman–Crippen LogP) is 3.57. The molecule has 0 amide bonds. The Hall–Kier alpha value is -1.96. The van der Waals surface area contributed by atoms with E-state index < -0.39 is 17.6 Å². The molecule has 0 saturated heterocycles. The molecule has 1 heterocycles. The Bertz CT molecular complexity index is 620. The number of alkyl halides is 3. The van der Waals surface area contributed by atoms with E-state index in [0.717, 1.165) is 6.07 Å². The van der Waals surface area contributed by atoms with Gasteiger partial charge in [-0.15, -0.1) is 10.2 Å². The standard InChI is InChI=1S/C13H13F4N3O/c1-3-9(18-2)12-20-19-11(21-12)7-5-4-6-8(10(7)14)13(15,16)17/h4-6,9,18H,3H2,1-2H3. The Kier molecular flexibility index (Phi) is 4.26. The van der Waals surface area contributed by atoms with Gasteiger partial charge in [0, 0.05) is 0 Å². The number of benzene rings is 1. The van der Waals surface area contributed by atoms with Gasteiger partial charge in [0.2, 0.25) is 5.89 Å². The van der Waals surface area contributed by atoms with Gasteiger partial charge in [0.15, 0.2) is 0 Å². The Morgan fingerprint density at radius 2 is 2.00 bits per heavy atom. The van der Waals surface area contributed by atoms with Crippen LogP contribution in [-0.4, -0.2) is 17.2 Å². The van der Waals surface area contributed by atoms with Crippen molar-refractivity contribution in [3.05, 3.63) is 35.5 Å². The van der Waals surface area contributed by atoms with Crippen LogP contribution in [0.3, 0.4) is 0 Å². The van der Waals surface area contributed by atoms with Gasteiger partial charge < -0.3 is 9.73 Å². The fourth-order valence-electron chi connectivity index (χ4n) is 1.90. The van der Waals surface area contributed by atoms with Crippen molar-refractivity contribution >= 4 is 0 Å². The molecule has 114 valence electrons. The maximum Gasteiger partial charge on any atom is 0.419 e. The smallest absolute Gasteiger partial charge is 0.419 e. The lowest BCUT2D eigenvalue weighted by Crippen LogP contribution is -2.15. The summed E-state index contributed by atoms with van der Waals surface area (Å²) >= 11 is 0. The summed E-state index contributed by atoms with van der Waals surface area (Å²) in [6.07, 6.45) is -4.14. The van der Waals surface area contributed by atoms with Crippen LogP contribution in [-0.2, 0) is 6.18 Å². The van der Waals surface area contributed by atoms with Crippen molar-refractivity contribution in [3.63, 3.8) is 0 Å². The lowest BCUT2D eigenvalue weighted by Gasteiger charge is -2.09. The number of nitrogens with zero attached hydrogens (tertiary/aromatic N) is 2. The van der Waals surface area contributed by atoms with E-state index >= 15 is 0 Å². The minimum atomic E-state index is -4.78. The van der Waals surface area contributed by atoms with Gasteiger partial charge in [0.1, 0.15) is 5.82 Å². The summed E-state index contributed by atoms with van der Waals surface area (Å²) < 4.78 is 57.2. The van der Waals surface area contributed by atoms with Crippen LogP contribution in [0.5, 0.6) is 0 Å². The highest BCUT2D eigenvalue weighted by Gasteiger charge is 2.35. The fraction of sp³-hybridized carbons (Fsp3) is 0.385. The first-order valence-corrected chi connectivity index (χ1v) is 6.25. The van der Waals surface area contributed by atoms with E-state index in [9.17, 15) is 17.6 Å². The Balaban J connectivity index is 2.44. The largest absolute Gasteiger partial charge is 0.419 e. The molecule has 0 saturated carbocycles. The second kappa shape index (κ2) is 5.80. The first kappa shape index (κ1) is 15.4. The van der Waals surface area contributed by atoms with Crippen molar-refractivity contribution in [1.82, 2.24) is 15.5 Å². The summed E-state index contributed by atoms with van der Waals surface area (Å²) in [4.78, 5) is 0. The van der Waals surface area contributed by atoms with Gasteiger partial charge in [-0.3, -0.25) is 0 Å². The quantitative estimate of drug-likeness (QED) is 0.877. The van der Waals surface area contributed by atoms with E-state index in [4.69, 9.17) is 4.42 Å². The maximum absolute atomic E-state index is 14.0. The van der Waals surface area contributed by atoms with Crippen LogP contribution in [0.25, 0.3) is 11.5 Å². The van der Waals surface area contributed by atoms with Crippen LogP contribution in [0, 0.1) is 5.82 Å². The van der Waals surface area contributed by atoms with Crippen molar-refractivity contribution in [2.45, 2.75) is 25.6 Å². The van der Waals surface area contributed by atoms with E-state index in [1.54, 1.807) is 7.05 Å². The number of rotatable bonds is 4. The average Bonchev–Trinajstić information content (AvgIpc) is 2.88. The van der Waals surface area contributed by atoms with Crippen molar-refractivity contribution in [2.75, 3.05) is 7.05 Å². The summed E-state index contributed by atoms with van der Waals surface area (Å²) in [7, 11) is 1.68. The predicted molar refractivity (Wildman–Crippen MR) is 66.8 cm³/mol. The number of hydrogen-bond donors (Lipinski definition) is 1. The minimum Gasteiger partial charge on any atom is -0.419 e. The third-order valence-corrected chi connectivity index (χ3v) is 3.03. The van der Waals surface area contributed by atoms with Crippen LogP contribution in [0.1, 0.15) is 30.8 Å². The number of aromatic nitrogens is 2. The van der Waals surface area contributed by atoms with Gasteiger partial charge in [0.25, 0.3) is 5.89 Å². The molecular formula is C13H13F4N3O. The molecule has 1 atom stereocenters. The zero-order valence-electron chi connectivity index (χ0n) is 11.3. The summed E-state index contributed by atoms with van der Waals surface area (Å²) in [6.45, 7) is 1.87. The molecule has 0 aliphatic carbocycles. The van der Waals surface area contributed by atoms with Crippen molar-refractivity contribution in [3.8, 4) is 11.5 Å². The Morgan fingerprint density at radius 1 is 1.29 bits per heavy atom. The van der Waals surface area contributed by atoms with E-state index in [0.29, 0.717) is 12.5 Å². The van der Waals surface area contributed by atoms with Gasteiger partial charge in [-0.1, -0.05) is 13.0 Å². The third kappa shape index (κ3) is 3.05. The molecule has 21 heavy (non-hydrogen) atoms. The topological polar surface area (TPSA) is 51.0 Å². The molecule has 0 spiro atoms. The second-order valence-electron chi connectivity index (χ2n) is 4.36. The van der Waals surface area contributed by atoms with E-state index in [1.807, 2.05) is 6.92 Å². The molecule has 0 fully saturated rings. The first-order valence-electron chi connectivity index (χ1n) is 6.25. The van der Waals surface area contributed by atoms with Crippen LogP contribution < -0.4 is 5.32 Å². The molecule has 0 radical (unpaired) electrons. The molecule has 1 aromatic carbocycles. The summed E-state index contributed by atoms with van der Waals surface area (Å²) in [5, 5.41) is 10.3. The summed E-state index contributed by atoms with van der Waals surface area (Å²) in [6, 6.07) is 2.70. The molecule has 1 N–H and O–H groups in total. The minimum absolute atomic E-state index is 0.201. The summed E-state index contributed by atoms with van der Waals surface area (Å²) in [5.41, 5.74) is -1.73. The number of nitrogens with one attached hydrogen (secondary N) is 1. The average molecular weight is 303 g/mol. The highest BCUT2D eigenvalue weighted by atomic mass is 19.4. The lowest BCUT2D eigenvalue weighted by atomic mass is 10.1. The fourth-order valence-corrected chi connectivity index (χ4v) is 1.90. The monoisotopic (exact) mass is 303 g/mol. The molecule has 2 rings (SSSR count). The third-order valence-electron chi connectivity index (χ3n) is 3.03. The molecule has 0 bridgehead atoms. The summed E-state index contributed by atoms with van der Waals surface area (Å²) in [5.74, 6) is -1.49.